The van der Waals surface area contributed by atoms with Crippen molar-refractivity contribution < 1.29 is 4.79 Å². The van der Waals surface area contributed by atoms with Crippen LogP contribution in [0.2, 0.25) is 5.02 Å². The maximum absolute atomic E-state index is 11.8. The topological polar surface area (TPSA) is 59.8 Å². The number of amides is 1. The lowest BCUT2D eigenvalue weighted by Crippen LogP contribution is -2.26. The van der Waals surface area contributed by atoms with Crippen molar-refractivity contribution in [3.05, 3.63) is 47.3 Å². The van der Waals surface area contributed by atoms with Gasteiger partial charge >= 0.3 is 0 Å². The van der Waals surface area contributed by atoms with Crippen molar-refractivity contribution in [1.82, 2.24) is 19.9 Å². The first-order valence-corrected chi connectivity index (χ1v) is 5.90. The molecule has 0 saturated heterocycles. The van der Waals surface area contributed by atoms with E-state index in [0.29, 0.717) is 23.6 Å². The Labute approximate surface area is 110 Å². The first-order chi connectivity index (χ1) is 8.68. The van der Waals surface area contributed by atoms with Crippen LogP contribution < -0.4 is 5.32 Å². The quantitative estimate of drug-likeness (QED) is 0.909. The molecule has 0 saturated carbocycles. The molecule has 2 heterocycles. The van der Waals surface area contributed by atoms with Gasteiger partial charge in [-0.2, -0.15) is 0 Å². The number of hydrogen-bond donors (Lipinski definition) is 1. The predicted molar refractivity (Wildman–Crippen MR) is 68.5 cm³/mol. The van der Waals surface area contributed by atoms with E-state index < -0.39 is 0 Å². The van der Waals surface area contributed by atoms with Gasteiger partial charge in [-0.25, -0.2) is 4.98 Å². The molecule has 94 valence electrons. The molecule has 0 aromatic carbocycles. The number of hydrogen-bond acceptors (Lipinski definition) is 3. The zero-order valence-electron chi connectivity index (χ0n) is 9.93. The second-order valence-corrected chi connectivity index (χ2v) is 4.22. The van der Waals surface area contributed by atoms with Crippen molar-refractivity contribution in [3.63, 3.8) is 0 Å². The third kappa shape index (κ3) is 2.87. The molecule has 0 aliphatic heterocycles. The lowest BCUT2D eigenvalue weighted by Gasteiger charge is -2.06. The largest absolute Gasteiger partial charge is 0.352 e. The molecule has 1 amide bonds. The van der Waals surface area contributed by atoms with E-state index in [1.54, 1.807) is 18.5 Å². The predicted octanol–water partition coefficient (Wildman–Crippen LogP) is 1.44. The monoisotopic (exact) mass is 264 g/mol. The molecule has 0 radical (unpaired) electrons. The normalized spacial score (nSPS) is 10.3. The van der Waals surface area contributed by atoms with Crippen LogP contribution in [0.25, 0.3) is 0 Å². The van der Waals surface area contributed by atoms with E-state index >= 15 is 0 Å². The molecule has 0 unspecified atom stereocenters. The number of aryl methyl sites for hydroxylation is 1. The van der Waals surface area contributed by atoms with Crippen LogP contribution in [0.15, 0.2) is 30.9 Å². The average Bonchev–Trinajstić information content (AvgIpc) is 2.75. The lowest BCUT2D eigenvalue weighted by atomic mass is 10.2. The third-order valence-electron chi connectivity index (χ3n) is 2.57. The first-order valence-electron chi connectivity index (χ1n) is 5.52. The highest BCUT2D eigenvalue weighted by Gasteiger charge is 2.09. The molecule has 2 rings (SSSR count). The number of halogens is 1. The minimum absolute atomic E-state index is 0.198. The average molecular weight is 265 g/mol. The van der Waals surface area contributed by atoms with E-state index in [0.717, 1.165) is 5.82 Å². The maximum atomic E-state index is 11.8. The van der Waals surface area contributed by atoms with Gasteiger partial charge in [0.15, 0.2) is 0 Å². The zero-order valence-corrected chi connectivity index (χ0v) is 10.7. The molecule has 6 heteroatoms. The summed E-state index contributed by atoms with van der Waals surface area (Å²) in [6.07, 6.45) is 7.28. The third-order valence-corrected chi connectivity index (χ3v) is 2.87. The van der Waals surface area contributed by atoms with Gasteiger partial charge in [-0.1, -0.05) is 11.6 Å². The Morgan fingerprint density at radius 2 is 2.33 bits per heavy atom. The van der Waals surface area contributed by atoms with E-state index in [-0.39, 0.29) is 5.91 Å². The van der Waals surface area contributed by atoms with Crippen molar-refractivity contribution in [3.8, 4) is 0 Å². The number of pyridine rings is 1. The summed E-state index contributed by atoms with van der Waals surface area (Å²) in [4.78, 5) is 19.8. The van der Waals surface area contributed by atoms with Crippen LogP contribution in [-0.4, -0.2) is 27.0 Å². The van der Waals surface area contributed by atoms with Gasteiger partial charge < -0.3 is 9.88 Å². The summed E-state index contributed by atoms with van der Waals surface area (Å²) >= 11 is 5.88. The van der Waals surface area contributed by atoms with Crippen LogP contribution in [0.4, 0.5) is 0 Å². The number of nitrogens with one attached hydrogen (secondary N) is 1. The minimum Gasteiger partial charge on any atom is -0.352 e. The number of imidazole rings is 1. The zero-order chi connectivity index (χ0) is 13.0. The molecule has 0 bridgehead atoms. The van der Waals surface area contributed by atoms with Gasteiger partial charge in [0.2, 0.25) is 0 Å². The summed E-state index contributed by atoms with van der Waals surface area (Å²) in [6, 6.07) is 1.60. The summed E-state index contributed by atoms with van der Waals surface area (Å²) in [6.45, 7) is 0.516. The minimum atomic E-state index is -0.198. The van der Waals surface area contributed by atoms with Gasteiger partial charge in [-0.15, -0.1) is 0 Å². The Bertz CT molecular complexity index is 553. The highest BCUT2D eigenvalue weighted by atomic mass is 35.5. The number of aromatic nitrogens is 3. The Hall–Kier alpha value is -1.88. The molecule has 2 aromatic heterocycles. The SMILES string of the molecule is Cn1ccnc1CCNC(=O)c1ccncc1Cl. The van der Waals surface area contributed by atoms with Crippen molar-refractivity contribution in [2.24, 2.45) is 7.05 Å². The summed E-state index contributed by atoms with van der Waals surface area (Å²) in [5.74, 6) is 0.729. The van der Waals surface area contributed by atoms with Crippen molar-refractivity contribution >= 4 is 17.5 Å². The summed E-state index contributed by atoms with van der Waals surface area (Å²) < 4.78 is 1.92. The highest BCUT2D eigenvalue weighted by Crippen LogP contribution is 2.12. The smallest absolute Gasteiger partial charge is 0.252 e. The van der Waals surface area contributed by atoms with E-state index in [9.17, 15) is 4.79 Å². The molecule has 5 nitrogen and oxygen atoms in total. The molecule has 0 fully saturated rings. The molecular weight excluding hydrogens is 252 g/mol. The van der Waals surface area contributed by atoms with Crippen LogP contribution >= 0.6 is 11.6 Å². The molecular formula is C12H13ClN4O. The standard InChI is InChI=1S/C12H13ClN4O/c1-17-7-6-15-11(17)3-5-16-12(18)9-2-4-14-8-10(9)13/h2,4,6-8H,3,5H2,1H3,(H,16,18). The van der Waals surface area contributed by atoms with Gasteiger partial charge in [0, 0.05) is 44.8 Å². The van der Waals surface area contributed by atoms with Crippen molar-refractivity contribution in [1.29, 1.82) is 0 Å². The molecule has 2 aromatic rings. The fraction of sp³-hybridized carbons (Fsp3) is 0.250. The molecule has 18 heavy (non-hydrogen) atoms. The van der Waals surface area contributed by atoms with Crippen LogP contribution in [0, 0.1) is 0 Å². The number of rotatable bonds is 4. The van der Waals surface area contributed by atoms with Gasteiger partial charge in [-0.3, -0.25) is 9.78 Å². The van der Waals surface area contributed by atoms with E-state index in [1.807, 2.05) is 17.8 Å². The fourth-order valence-corrected chi connectivity index (χ4v) is 1.78. The van der Waals surface area contributed by atoms with Gasteiger partial charge in [-0.05, 0) is 6.07 Å². The maximum Gasteiger partial charge on any atom is 0.252 e. The van der Waals surface area contributed by atoms with Crippen LogP contribution in [0.5, 0.6) is 0 Å². The molecule has 1 N–H and O–H groups in total. The molecule has 0 aliphatic carbocycles. The molecule has 0 aliphatic rings. The summed E-state index contributed by atoms with van der Waals surface area (Å²) in [5, 5.41) is 3.15. The van der Waals surface area contributed by atoms with E-state index in [4.69, 9.17) is 11.6 Å². The fourth-order valence-electron chi connectivity index (χ4n) is 1.58. The van der Waals surface area contributed by atoms with Crippen molar-refractivity contribution in [2.75, 3.05) is 6.54 Å². The number of carbonyl (C=O) groups is 1. The summed E-state index contributed by atoms with van der Waals surface area (Å²) in [7, 11) is 1.92. The first kappa shape index (κ1) is 12.6. The van der Waals surface area contributed by atoms with E-state index in [1.165, 1.54) is 6.20 Å². The van der Waals surface area contributed by atoms with Crippen LogP contribution in [-0.2, 0) is 13.5 Å². The number of carbonyl (C=O) groups excluding carboxylic acids is 1. The van der Waals surface area contributed by atoms with Crippen molar-refractivity contribution in [2.45, 2.75) is 6.42 Å². The second-order valence-electron chi connectivity index (χ2n) is 3.82. The number of nitrogens with zero attached hydrogens (tertiary/aromatic N) is 3. The Kier molecular flexibility index (Phi) is 3.94. The molecule has 0 atom stereocenters. The van der Waals surface area contributed by atoms with Crippen LogP contribution in [0.1, 0.15) is 16.2 Å². The second kappa shape index (κ2) is 5.64. The lowest BCUT2D eigenvalue weighted by molar-refractivity contribution is 0.0954. The van der Waals surface area contributed by atoms with Gasteiger partial charge in [0.05, 0.1) is 10.6 Å². The van der Waals surface area contributed by atoms with Crippen LogP contribution in [0.3, 0.4) is 0 Å². The Morgan fingerprint density at radius 1 is 1.50 bits per heavy atom. The van der Waals surface area contributed by atoms with Gasteiger partial charge in [0.1, 0.15) is 5.82 Å². The highest BCUT2D eigenvalue weighted by molar-refractivity contribution is 6.33. The Morgan fingerprint density at radius 3 is 3.00 bits per heavy atom. The molecule has 0 spiro atoms. The van der Waals surface area contributed by atoms with E-state index in [2.05, 4.69) is 15.3 Å². The summed E-state index contributed by atoms with van der Waals surface area (Å²) in [5.41, 5.74) is 0.437. The Balaban J connectivity index is 1.90. The van der Waals surface area contributed by atoms with Gasteiger partial charge in [0.25, 0.3) is 5.91 Å².